The summed E-state index contributed by atoms with van der Waals surface area (Å²) in [5.74, 6) is 0. The second-order valence-electron chi connectivity index (χ2n) is 2.47. The van der Waals surface area contributed by atoms with E-state index in [1.54, 1.807) is 0 Å². The lowest BCUT2D eigenvalue weighted by Crippen LogP contribution is -2.00. The van der Waals surface area contributed by atoms with Crippen LogP contribution < -0.4 is 0 Å². The predicted molar refractivity (Wildman–Crippen MR) is 49.5 cm³/mol. The molecule has 0 aliphatic rings. The first-order valence-corrected chi connectivity index (χ1v) is 4.54. The van der Waals surface area contributed by atoms with E-state index in [1.165, 1.54) is 12.8 Å². The van der Waals surface area contributed by atoms with Crippen molar-refractivity contribution in [3.8, 4) is 0 Å². The molecule has 0 aromatic heterocycles. The van der Waals surface area contributed by atoms with Crippen LogP contribution in [0.3, 0.4) is 0 Å². The average Bonchev–Trinajstić information content (AvgIpc) is 2.05. The largest absolute Gasteiger partial charge is 0.505 e. The van der Waals surface area contributed by atoms with Crippen molar-refractivity contribution in [3.63, 3.8) is 0 Å². The van der Waals surface area contributed by atoms with Crippen molar-refractivity contribution in [1.82, 2.24) is 0 Å². The molecule has 0 bridgehead atoms. The summed E-state index contributed by atoms with van der Waals surface area (Å²) in [6.07, 6.45) is 3.23. The molecule has 0 saturated heterocycles. The van der Waals surface area contributed by atoms with Crippen molar-refractivity contribution in [2.24, 2.45) is 0 Å². The summed E-state index contributed by atoms with van der Waals surface area (Å²) in [7, 11) is 0. The Morgan fingerprint density at radius 2 is 1.67 bits per heavy atom. The third-order valence-corrected chi connectivity index (χ3v) is 1.22. The van der Waals surface area contributed by atoms with Gasteiger partial charge in [-0.15, -0.1) is 0 Å². The van der Waals surface area contributed by atoms with E-state index >= 15 is 0 Å². The van der Waals surface area contributed by atoms with Gasteiger partial charge in [-0.25, -0.2) is 4.79 Å². The van der Waals surface area contributed by atoms with Crippen molar-refractivity contribution in [2.75, 3.05) is 6.61 Å². The van der Waals surface area contributed by atoms with Gasteiger partial charge in [-0.3, -0.25) is 0 Å². The maximum Gasteiger partial charge on any atom is 0.505 e. The van der Waals surface area contributed by atoms with Gasteiger partial charge in [0, 0.05) is 0 Å². The van der Waals surface area contributed by atoms with Crippen LogP contribution in [0.5, 0.6) is 0 Å². The highest BCUT2D eigenvalue weighted by Gasteiger charge is 1.91. The first kappa shape index (κ1) is 13.8. The summed E-state index contributed by atoms with van der Waals surface area (Å²) in [6, 6.07) is 0. The molecule has 0 fully saturated rings. The minimum Gasteiger partial charge on any atom is -0.450 e. The normalized spacial score (nSPS) is 8.25. The van der Waals surface area contributed by atoms with Crippen molar-refractivity contribution in [3.05, 3.63) is 0 Å². The van der Waals surface area contributed by atoms with Gasteiger partial charge in [-0.2, -0.15) is 0 Å². The molecule has 1 N–H and O–H groups in total. The smallest absolute Gasteiger partial charge is 0.450 e. The Kier molecular flexibility index (Phi) is 14.9. The van der Waals surface area contributed by atoms with Gasteiger partial charge in [0.05, 0.1) is 6.61 Å². The lowest BCUT2D eigenvalue weighted by atomic mass is 10.4. The summed E-state index contributed by atoms with van der Waals surface area (Å²) < 4.78 is 4.20. The summed E-state index contributed by atoms with van der Waals surface area (Å²) in [4.78, 5) is 9.65. The van der Waals surface area contributed by atoms with E-state index in [1.807, 2.05) is 6.92 Å². The Morgan fingerprint density at radius 1 is 1.17 bits per heavy atom. The number of hydrogen-bond donors (Lipinski definition) is 1. The number of carbonyl (C=O) groups is 1. The molecule has 0 aliphatic carbocycles. The van der Waals surface area contributed by atoms with Crippen molar-refractivity contribution < 1.29 is 14.6 Å². The lowest BCUT2D eigenvalue weighted by molar-refractivity contribution is 0.0905. The minimum absolute atomic E-state index is 0.325. The molecule has 0 spiro atoms. The molecule has 0 atom stereocenters. The fourth-order valence-electron chi connectivity index (χ4n) is 0.304. The average molecular weight is 176 g/mol. The molecule has 0 aromatic rings. The van der Waals surface area contributed by atoms with E-state index in [9.17, 15) is 4.79 Å². The fraction of sp³-hybridized carbons (Fsp3) is 0.889. The van der Waals surface area contributed by atoms with E-state index in [4.69, 9.17) is 5.11 Å². The second kappa shape index (κ2) is 12.9. The molecule has 0 rings (SSSR count). The first-order valence-electron chi connectivity index (χ1n) is 4.54. The van der Waals surface area contributed by atoms with E-state index < -0.39 is 6.16 Å². The molecule has 12 heavy (non-hydrogen) atoms. The molecule has 0 aromatic carbocycles. The molecular weight excluding hydrogens is 156 g/mol. The summed E-state index contributed by atoms with van der Waals surface area (Å²) in [5, 5.41) is 7.92. The van der Waals surface area contributed by atoms with Gasteiger partial charge in [0.15, 0.2) is 0 Å². The molecule has 0 unspecified atom stereocenters. The predicted octanol–water partition coefficient (Wildman–Crippen LogP) is 3.29. The van der Waals surface area contributed by atoms with Gasteiger partial charge in [-0.05, 0) is 6.42 Å². The van der Waals surface area contributed by atoms with E-state index in [0.717, 1.165) is 12.8 Å². The number of ether oxygens (including phenoxy) is 1. The van der Waals surface area contributed by atoms with Gasteiger partial charge in [-0.1, -0.05) is 40.0 Å². The minimum atomic E-state index is -1.18. The van der Waals surface area contributed by atoms with Gasteiger partial charge >= 0.3 is 6.16 Å². The van der Waals surface area contributed by atoms with Gasteiger partial charge in [0.1, 0.15) is 0 Å². The van der Waals surface area contributed by atoms with Gasteiger partial charge in [0.25, 0.3) is 0 Å². The summed E-state index contributed by atoms with van der Waals surface area (Å²) in [6.45, 7) is 6.66. The standard InChI is InChI=1S/C5H10O3.C4H10/c1-2-3-4-8-5(6)7;1-3-4-2/h2-4H2,1H3,(H,6,7);3-4H2,1-2H3. The number of rotatable bonds is 4. The van der Waals surface area contributed by atoms with Gasteiger partial charge < -0.3 is 9.84 Å². The monoisotopic (exact) mass is 176 g/mol. The van der Waals surface area contributed by atoms with E-state index in [-0.39, 0.29) is 0 Å². The van der Waals surface area contributed by atoms with Crippen LogP contribution in [0, 0.1) is 0 Å². The van der Waals surface area contributed by atoms with E-state index in [0.29, 0.717) is 6.61 Å². The summed E-state index contributed by atoms with van der Waals surface area (Å²) >= 11 is 0. The van der Waals surface area contributed by atoms with Crippen LogP contribution in [0.4, 0.5) is 4.79 Å². The fourth-order valence-corrected chi connectivity index (χ4v) is 0.304. The van der Waals surface area contributed by atoms with Crippen LogP contribution in [0.15, 0.2) is 0 Å². The van der Waals surface area contributed by atoms with Crippen LogP contribution in [0.25, 0.3) is 0 Å². The van der Waals surface area contributed by atoms with Crippen LogP contribution in [-0.2, 0) is 4.74 Å². The molecule has 0 amide bonds. The number of carboxylic acid groups (broad SMARTS) is 1. The molecule has 0 aliphatic heterocycles. The molecular formula is C9H20O3. The number of hydrogen-bond acceptors (Lipinski definition) is 2. The van der Waals surface area contributed by atoms with E-state index in [2.05, 4.69) is 18.6 Å². The SMILES string of the molecule is CCCC.CCCCOC(=O)O. The zero-order valence-electron chi connectivity index (χ0n) is 8.30. The molecule has 0 heterocycles. The number of unbranched alkanes of at least 4 members (excludes halogenated alkanes) is 2. The first-order chi connectivity index (χ1) is 5.68. The van der Waals surface area contributed by atoms with Crippen molar-refractivity contribution in [1.29, 1.82) is 0 Å². The van der Waals surface area contributed by atoms with Crippen LogP contribution >= 0.6 is 0 Å². The molecule has 74 valence electrons. The Bertz CT molecular complexity index is 89.8. The Hall–Kier alpha value is -0.730. The lowest BCUT2D eigenvalue weighted by Gasteiger charge is -1.94. The molecule has 3 nitrogen and oxygen atoms in total. The Balaban J connectivity index is 0. The second-order valence-corrected chi connectivity index (χ2v) is 2.47. The third-order valence-electron chi connectivity index (χ3n) is 1.22. The molecule has 0 saturated carbocycles. The Morgan fingerprint density at radius 3 is 1.92 bits per heavy atom. The Labute approximate surface area is 74.7 Å². The maximum absolute atomic E-state index is 9.65. The van der Waals surface area contributed by atoms with Crippen molar-refractivity contribution >= 4 is 6.16 Å². The van der Waals surface area contributed by atoms with Gasteiger partial charge in [0.2, 0.25) is 0 Å². The maximum atomic E-state index is 9.65. The molecule has 0 radical (unpaired) electrons. The zero-order valence-corrected chi connectivity index (χ0v) is 8.30. The van der Waals surface area contributed by atoms with Crippen LogP contribution in [0.2, 0.25) is 0 Å². The van der Waals surface area contributed by atoms with Crippen LogP contribution in [0.1, 0.15) is 46.5 Å². The third kappa shape index (κ3) is 22.8. The quantitative estimate of drug-likeness (QED) is 0.528. The topological polar surface area (TPSA) is 46.5 Å². The summed E-state index contributed by atoms with van der Waals surface area (Å²) in [5.41, 5.74) is 0. The highest BCUT2D eigenvalue weighted by molar-refractivity contribution is 5.56. The molecule has 3 heteroatoms. The highest BCUT2D eigenvalue weighted by Crippen LogP contribution is 1.86. The highest BCUT2D eigenvalue weighted by atomic mass is 16.7. The van der Waals surface area contributed by atoms with Crippen LogP contribution in [-0.4, -0.2) is 17.9 Å². The van der Waals surface area contributed by atoms with Crippen molar-refractivity contribution in [2.45, 2.75) is 46.5 Å². The zero-order chi connectivity index (χ0) is 9.82.